The van der Waals surface area contributed by atoms with Crippen molar-refractivity contribution < 1.29 is 4.79 Å². The highest BCUT2D eigenvalue weighted by Gasteiger charge is 2.34. The maximum Gasteiger partial charge on any atom is 0.239 e. The van der Waals surface area contributed by atoms with Crippen molar-refractivity contribution in [1.29, 1.82) is 0 Å². The highest BCUT2D eigenvalue weighted by molar-refractivity contribution is 5.82. The predicted molar refractivity (Wildman–Crippen MR) is 103 cm³/mol. The fourth-order valence-electron chi connectivity index (χ4n) is 4.46. The molecule has 1 N–H and O–H groups in total. The van der Waals surface area contributed by atoms with Gasteiger partial charge in [0.1, 0.15) is 0 Å². The molecular formula is C21H33N3O. The lowest BCUT2D eigenvalue weighted by Gasteiger charge is -2.38. The molecule has 1 aromatic rings. The molecule has 138 valence electrons. The molecular weight excluding hydrogens is 310 g/mol. The third-order valence-corrected chi connectivity index (χ3v) is 6.02. The molecule has 2 atom stereocenters. The van der Waals surface area contributed by atoms with E-state index in [4.69, 9.17) is 0 Å². The first-order valence-electron chi connectivity index (χ1n) is 9.92. The van der Waals surface area contributed by atoms with Gasteiger partial charge in [-0.2, -0.15) is 0 Å². The average molecular weight is 344 g/mol. The Labute approximate surface area is 152 Å². The summed E-state index contributed by atoms with van der Waals surface area (Å²) in [5, 5.41) is 3.23. The summed E-state index contributed by atoms with van der Waals surface area (Å²) in [6, 6.07) is 11.2. The van der Waals surface area contributed by atoms with Gasteiger partial charge in [0.25, 0.3) is 0 Å². The number of amides is 1. The molecule has 4 heteroatoms. The Balaban J connectivity index is 1.49. The van der Waals surface area contributed by atoms with Crippen molar-refractivity contribution in [3.8, 4) is 0 Å². The van der Waals surface area contributed by atoms with E-state index in [-0.39, 0.29) is 6.04 Å². The average Bonchev–Trinajstić information content (AvgIpc) is 3.11. The molecule has 0 aliphatic carbocycles. The summed E-state index contributed by atoms with van der Waals surface area (Å²) in [7, 11) is 1.97. The van der Waals surface area contributed by atoms with Crippen LogP contribution in [-0.4, -0.2) is 61.0 Å². The highest BCUT2D eigenvalue weighted by Crippen LogP contribution is 2.25. The number of nitrogens with zero attached hydrogens (tertiary/aromatic N) is 2. The van der Waals surface area contributed by atoms with Crippen LogP contribution in [0.25, 0.3) is 0 Å². The van der Waals surface area contributed by atoms with Crippen molar-refractivity contribution in [2.45, 2.75) is 51.1 Å². The molecule has 2 heterocycles. The van der Waals surface area contributed by atoms with Crippen LogP contribution in [0.3, 0.4) is 0 Å². The molecule has 2 saturated heterocycles. The van der Waals surface area contributed by atoms with Crippen molar-refractivity contribution in [2.75, 3.05) is 33.2 Å². The smallest absolute Gasteiger partial charge is 0.239 e. The van der Waals surface area contributed by atoms with Crippen molar-refractivity contribution in [1.82, 2.24) is 15.1 Å². The second-order valence-electron chi connectivity index (χ2n) is 7.73. The van der Waals surface area contributed by atoms with Gasteiger partial charge in [-0.25, -0.2) is 0 Å². The first-order chi connectivity index (χ1) is 12.2. The number of carbonyl (C=O) groups is 1. The monoisotopic (exact) mass is 343 g/mol. The summed E-state index contributed by atoms with van der Waals surface area (Å²) in [4.78, 5) is 17.5. The second-order valence-corrected chi connectivity index (χ2v) is 7.73. The summed E-state index contributed by atoms with van der Waals surface area (Å²) in [6.07, 6.45) is 5.86. The van der Waals surface area contributed by atoms with Crippen molar-refractivity contribution in [3.63, 3.8) is 0 Å². The van der Waals surface area contributed by atoms with Crippen LogP contribution in [0.15, 0.2) is 30.3 Å². The van der Waals surface area contributed by atoms with Crippen LogP contribution in [0.1, 0.15) is 38.2 Å². The van der Waals surface area contributed by atoms with Crippen molar-refractivity contribution in [2.24, 2.45) is 5.92 Å². The van der Waals surface area contributed by atoms with Crippen LogP contribution in [0.5, 0.6) is 0 Å². The van der Waals surface area contributed by atoms with E-state index in [1.165, 1.54) is 24.8 Å². The third kappa shape index (κ3) is 4.62. The molecule has 2 aliphatic heterocycles. The Bertz CT molecular complexity index is 539. The zero-order valence-corrected chi connectivity index (χ0v) is 15.8. The molecule has 2 unspecified atom stereocenters. The molecule has 1 aromatic carbocycles. The lowest BCUT2D eigenvalue weighted by atomic mass is 9.89. The Hall–Kier alpha value is -1.39. The molecule has 0 aromatic heterocycles. The van der Waals surface area contributed by atoms with Crippen molar-refractivity contribution in [3.05, 3.63) is 35.9 Å². The summed E-state index contributed by atoms with van der Waals surface area (Å²) >= 11 is 0. The van der Waals surface area contributed by atoms with Gasteiger partial charge in [0, 0.05) is 19.1 Å². The summed E-state index contributed by atoms with van der Waals surface area (Å²) in [6.45, 7) is 6.05. The summed E-state index contributed by atoms with van der Waals surface area (Å²) < 4.78 is 0. The molecule has 25 heavy (non-hydrogen) atoms. The zero-order valence-electron chi connectivity index (χ0n) is 15.8. The highest BCUT2D eigenvalue weighted by atomic mass is 16.2. The Morgan fingerprint density at radius 1 is 1.16 bits per heavy atom. The number of benzene rings is 1. The van der Waals surface area contributed by atoms with E-state index in [1.54, 1.807) is 0 Å². The molecule has 3 rings (SSSR count). The van der Waals surface area contributed by atoms with Gasteiger partial charge in [0.05, 0.1) is 6.04 Å². The molecule has 0 spiro atoms. The van der Waals surface area contributed by atoms with E-state index in [0.717, 1.165) is 44.9 Å². The minimum atomic E-state index is 0.0233. The summed E-state index contributed by atoms with van der Waals surface area (Å²) in [5.74, 6) is 1.09. The van der Waals surface area contributed by atoms with Crippen LogP contribution < -0.4 is 5.32 Å². The lowest BCUT2D eigenvalue weighted by Crippen LogP contribution is -2.52. The number of likely N-dealkylation sites (tertiary alicyclic amines) is 2. The van der Waals surface area contributed by atoms with Gasteiger partial charge < -0.3 is 10.2 Å². The summed E-state index contributed by atoms with van der Waals surface area (Å²) in [5.41, 5.74) is 1.44. The molecule has 1 amide bonds. The maximum atomic E-state index is 13.0. The van der Waals surface area contributed by atoms with Gasteiger partial charge in [0.15, 0.2) is 0 Å². The number of hydrogen-bond acceptors (Lipinski definition) is 3. The van der Waals surface area contributed by atoms with Crippen molar-refractivity contribution >= 4 is 5.91 Å². The number of piperidine rings is 1. The van der Waals surface area contributed by atoms with E-state index in [0.29, 0.717) is 11.9 Å². The number of rotatable bonds is 6. The lowest BCUT2D eigenvalue weighted by molar-refractivity contribution is -0.137. The van der Waals surface area contributed by atoms with E-state index in [1.807, 2.05) is 7.05 Å². The molecule has 0 bridgehead atoms. The molecule has 2 aliphatic rings. The first-order valence-corrected chi connectivity index (χ1v) is 9.92. The molecule has 4 nitrogen and oxygen atoms in total. The fourth-order valence-corrected chi connectivity index (χ4v) is 4.46. The van der Waals surface area contributed by atoms with Crippen LogP contribution in [0, 0.1) is 5.92 Å². The van der Waals surface area contributed by atoms with Gasteiger partial charge in [-0.3, -0.25) is 9.69 Å². The van der Waals surface area contributed by atoms with Gasteiger partial charge >= 0.3 is 0 Å². The Kier molecular flexibility index (Phi) is 6.49. The van der Waals surface area contributed by atoms with Crippen LogP contribution in [-0.2, 0) is 11.2 Å². The molecule has 2 fully saturated rings. The van der Waals surface area contributed by atoms with Crippen LogP contribution in [0.4, 0.5) is 0 Å². The third-order valence-electron chi connectivity index (χ3n) is 6.02. The fraction of sp³-hybridized carbons (Fsp3) is 0.667. The van der Waals surface area contributed by atoms with E-state index >= 15 is 0 Å². The van der Waals surface area contributed by atoms with Crippen LogP contribution in [0.2, 0.25) is 0 Å². The minimum absolute atomic E-state index is 0.0233. The van der Waals surface area contributed by atoms with Gasteiger partial charge in [0.2, 0.25) is 5.91 Å². The van der Waals surface area contributed by atoms with Gasteiger partial charge in [-0.1, -0.05) is 30.3 Å². The van der Waals surface area contributed by atoms with Gasteiger partial charge in [-0.05, 0) is 70.6 Å². The van der Waals surface area contributed by atoms with E-state index < -0.39 is 0 Å². The second kappa shape index (κ2) is 8.81. The minimum Gasteiger partial charge on any atom is -0.337 e. The SMILES string of the molecule is CNCC1CCCN1C(=O)C(C)N1CCC(Cc2ccccc2)CC1. The maximum absolute atomic E-state index is 13.0. The zero-order chi connectivity index (χ0) is 17.6. The standard InChI is InChI=1S/C21H33N3O/c1-17(21(25)24-12-6-9-20(24)16-22-2)23-13-10-19(11-14-23)15-18-7-4-3-5-8-18/h3-5,7-8,17,19-20,22H,6,9-16H2,1-2H3. The number of carbonyl (C=O) groups excluding carboxylic acids is 1. The quantitative estimate of drug-likeness (QED) is 0.862. The number of nitrogens with one attached hydrogen (secondary N) is 1. The Morgan fingerprint density at radius 2 is 1.88 bits per heavy atom. The van der Waals surface area contributed by atoms with E-state index in [2.05, 4.69) is 52.4 Å². The topological polar surface area (TPSA) is 35.6 Å². The number of likely N-dealkylation sites (N-methyl/N-ethyl adjacent to an activating group) is 1. The Morgan fingerprint density at radius 3 is 2.56 bits per heavy atom. The predicted octanol–water partition coefficient (Wildman–Crippen LogP) is 2.54. The molecule has 0 saturated carbocycles. The van der Waals surface area contributed by atoms with E-state index in [9.17, 15) is 4.79 Å². The molecule has 0 radical (unpaired) electrons. The van der Waals surface area contributed by atoms with Crippen LogP contribution >= 0.6 is 0 Å². The number of hydrogen-bond donors (Lipinski definition) is 1. The largest absolute Gasteiger partial charge is 0.337 e. The normalized spacial score (nSPS) is 23.8. The first kappa shape index (κ1) is 18.4. The van der Waals surface area contributed by atoms with Gasteiger partial charge in [-0.15, -0.1) is 0 Å².